The number of hydrogen-bond donors (Lipinski definition) is 1. The quantitative estimate of drug-likeness (QED) is 0.829. The Balaban J connectivity index is 2.10. The Morgan fingerprint density at radius 2 is 2.06 bits per heavy atom. The van der Waals surface area contributed by atoms with Gasteiger partial charge in [-0.1, -0.05) is 31.4 Å². The van der Waals surface area contributed by atoms with Crippen molar-refractivity contribution >= 4 is 5.78 Å². The Bertz CT molecular complexity index is 424. The van der Waals surface area contributed by atoms with Crippen LogP contribution in [0.25, 0.3) is 0 Å². The molecule has 3 heteroatoms. The van der Waals surface area contributed by atoms with Gasteiger partial charge in [0.2, 0.25) is 0 Å². The maximum absolute atomic E-state index is 13.1. The first kappa shape index (κ1) is 13.2. The third-order valence-corrected chi connectivity index (χ3v) is 3.99. The number of rotatable bonds is 4. The molecule has 1 saturated carbocycles. The van der Waals surface area contributed by atoms with Gasteiger partial charge in [0.1, 0.15) is 5.82 Å². The van der Waals surface area contributed by atoms with Crippen LogP contribution in [0.1, 0.15) is 48.9 Å². The van der Waals surface area contributed by atoms with Crippen LogP contribution in [0, 0.1) is 5.82 Å². The summed E-state index contributed by atoms with van der Waals surface area (Å²) >= 11 is 0. The summed E-state index contributed by atoms with van der Waals surface area (Å²) in [7, 11) is 1.92. The molecule has 0 heterocycles. The van der Waals surface area contributed by atoms with Gasteiger partial charge >= 0.3 is 0 Å². The van der Waals surface area contributed by atoms with E-state index in [2.05, 4.69) is 5.32 Å². The van der Waals surface area contributed by atoms with Gasteiger partial charge in [-0.25, -0.2) is 4.39 Å². The predicted octanol–water partition coefficient (Wildman–Crippen LogP) is 3.32. The van der Waals surface area contributed by atoms with E-state index in [1.54, 1.807) is 12.1 Å². The minimum Gasteiger partial charge on any atom is -0.314 e. The summed E-state index contributed by atoms with van der Waals surface area (Å²) in [6, 6.07) is 5.98. The number of carbonyl (C=O) groups is 1. The monoisotopic (exact) mass is 249 g/mol. The molecule has 0 spiro atoms. The summed E-state index contributed by atoms with van der Waals surface area (Å²) in [5.41, 5.74) is 0.400. The van der Waals surface area contributed by atoms with E-state index in [1.807, 2.05) is 7.05 Å². The van der Waals surface area contributed by atoms with E-state index in [0.29, 0.717) is 12.0 Å². The second-order valence-corrected chi connectivity index (χ2v) is 5.20. The SMILES string of the molecule is CNC1(CC(=O)c2cccc(F)c2)CCCCC1. The van der Waals surface area contributed by atoms with E-state index in [-0.39, 0.29) is 17.1 Å². The summed E-state index contributed by atoms with van der Waals surface area (Å²) in [5, 5.41) is 3.32. The van der Waals surface area contributed by atoms with E-state index >= 15 is 0 Å². The molecule has 0 atom stereocenters. The van der Waals surface area contributed by atoms with Gasteiger partial charge in [0, 0.05) is 17.5 Å². The highest BCUT2D eigenvalue weighted by molar-refractivity contribution is 5.96. The Hall–Kier alpha value is -1.22. The molecule has 2 nitrogen and oxygen atoms in total. The van der Waals surface area contributed by atoms with Gasteiger partial charge in [0.25, 0.3) is 0 Å². The largest absolute Gasteiger partial charge is 0.314 e. The molecule has 1 aromatic carbocycles. The van der Waals surface area contributed by atoms with Crippen molar-refractivity contribution in [2.45, 2.75) is 44.1 Å². The van der Waals surface area contributed by atoms with Gasteiger partial charge in [-0.15, -0.1) is 0 Å². The van der Waals surface area contributed by atoms with E-state index < -0.39 is 0 Å². The maximum atomic E-state index is 13.1. The van der Waals surface area contributed by atoms with Gasteiger partial charge < -0.3 is 5.32 Å². The molecule has 98 valence electrons. The standard InChI is InChI=1S/C15H20FNO/c1-17-15(8-3-2-4-9-15)11-14(18)12-6-5-7-13(16)10-12/h5-7,10,17H,2-4,8-9,11H2,1H3. The van der Waals surface area contributed by atoms with Gasteiger partial charge in [0.05, 0.1) is 0 Å². The van der Waals surface area contributed by atoms with Crippen molar-refractivity contribution in [2.75, 3.05) is 7.05 Å². The van der Waals surface area contributed by atoms with Crippen molar-refractivity contribution in [3.05, 3.63) is 35.6 Å². The zero-order valence-corrected chi connectivity index (χ0v) is 10.8. The Kier molecular flexibility index (Phi) is 4.12. The lowest BCUT2D eigenvalue weighted by Crippen LogP contribution is -2.46. The zero-order valence-electron chi connectivity index (χ0n) is 10.8. The normalized spacial score (nSPS) is 18.6. The van der Waals surface area contributed by atoms with Crippen LogP contribution in [-0.4, -0.2) is 18.4 Å². The van der Waals surface area contributed by atoms with Crippen LogP contribution in [0.2, 0.25) is 0 Å². The Labute approximate surface area is 108 Å². The number of carbonyl (C=O) groups excluding carboxylic acids is 1. The second-order valence-electron chi connectivity index (χ2n) is 5.20. The highest BCUT2D eigenvalue weighted by Crippen LogP contribution is 2.31. The first-order chi connectivity index (χ1) is 8.65. The third-order valence-electron chi connectivity index (χ3n) is 3.99. The van der Waals surface area contributed by atoms with Crippen molar-refractivity contribution < 1.29 is 9.18 Å². The Morgan fingerprint density at radius 3 is 2.67 bits per heavy atom. The van der Waals surface area contributed by atoms with E-state index in [4.69, 9.17) is 0 Å². The molecule has 1 aromatic rings. The minimum absolute atomic E-state index is 0.0331. The van der Waals surface area contributed by atoms with Crippen LogP contribution in [-0.2, 0) is 0 Å². The summed E-state index contributed by atoms with van der Waals surface area (Å²) < 4.78 is 13.1. The van der Waals surface area contributed by atoms with Crippen molar-refractivity contribution in [2.24, 2.45) is 0 Å². The predicted molar refractivity (Wildman–Crippen MR) is 70.2 cm³/mol. The summed E-state index contributed by atoms with van der Waals surface area (Å²) in [4.78, 5) is 12.2. The molecule has 0 unspecified atom stereocenters. The molecule has 0 radical (unpaired) electrons. The van der Waals surface area contributed by atoms with Crippen molar-refractivity contribution in [1.29, 1.82) is 0 Å². The van der Waals surface area contributed by atoms with Crippen molar-refractivity contribution in [3.63, 3.8) is 0 Å². The molecule has 0 aromatic heterocycles. The van der Waals surface area contributed by atoms with Crippen LogP contribution in [0.3, 0.4) is 0 Å². The molecule has 0 amide bonds. The average Bonchev–Trinajstić information content (AvgIpc) is 2.40. The van der Waals surface area contributed by atoms with Crippen LogP contribution in [0.4, 0.5) is 4.39 Å². The molecule has 1 aliphatic carbocycles. The fraction of sp³-hybridized carbons (Fsp3) is 0.533. The summed E-state index contributed by atoms with van der Waals surface area (Å²) in [5.74, 6) is -0.311. The number of Topliss-reactive ketones (excluding diaryl/α,β-unsaturated/α-hetero) is 1. The van der Waals surface area contributed by atoms with E-state index in [0.717, 1.165) is 25.7 Å². The molecule has 1 aliphatic rings. The molecule has 1 N–H and O–H groups in total. The zero-order chi connectivity index (χ0) is 13.0. The lowest BCUT2D eigenvalue weighted by Gasteiger charge is -2.36. The highest BCUT2D eigenvalue weighted by atomic mass is 19.1. The van der Waals surface area contributed by atoms with Gasteiger partial charge in [-0.05, 0) is 32.0 Å². The average molecular weight is 249 g/mol. The topological polar surface area (TPSA) is 29.1 Å². The van der Waals surface area contributed by atoms with Gasteiger partial charge in [0.15, 0.2) is 5.78 Å². The molecule has 2 rings (SSSR count). The molecule has 1 fully saturated rings. The lowest BCUT2D eigenvalue weighted by atomic mass is 9.77. The van der Waals surface area contributed by atoms with Crippen molar-refractivity contribution in [3.8, 4) is 0 Å². The van der Waals surface area contributed by atoms with Crippen LogP contribution in [0.5, 0.6) is 0 Å². The Morgan fingerprint density at radius 1 is 1.33 bits per heavy atom. The molecular formula is C15H20FNO. The van der Waals surface area contributed by atoms with Crippen molar-refractivity contribution in [1.82, 2.24) is 5.32 Å². The fourth-order valence-electron chi connectivity index (χ4n) is 2.82. The lowest BCUT2D eigenvalue weighted by molar-refractivity contribution is 0.0914. The number of ketones is 1. The van der Waals surface area contributed by atoms with Gasteiger partial charge in [-0.2, -0.15) is 0 Å². The van der Waals surface area contributed by atoms with Crippen LogP contribution in [0.15, 0.2) is 24.3 Å². The maximum Gasteiger partial charge on any atom is 0.164 e. The second kappa shape index (κ2) is 5.61. The summed E-state index contributed by atoms with van der Waals surface area (Å²) in [6.45, 7) is 0. The number of hydrogen-bond acceptors (Lipinski definition) is 2. The fourth-order valence-corrected chi connectivity index (χ4v) is 2.82. The first-order valence-corrected chi connectivity index (χ1v) is 6.63. The van der Waals surface area contributed by atoms with Crippen LogP contribution >= 0.6 is 0 Å². The molecule has 18 heavy (non-hydrogen) atoms. The number of halogens is 1. The van der Waals surface area contributed by atoms with Gasteiger partial charge in [-0.3, -0.25) is 4.79 Å². The summed E-state index contributed by atoms with van der Waals surface area (Å²) in [6.07, 6.45) is 6.11. The van der Waals surface area contributed by atoms with E-state index in [9.17, 15) is 9.18 Å². The number of benzene rings is 1. The van der Waals surface area contributed by atoms with E-state index in [1.165, 1.54) is 18.6 Å². The molecule has 0 saturated heterocycles. The molecular weight excluding hydrogens is 229 g/mol. The third kappa shape index (κ3) is 2.96. The smallest absolute Gasteiger partial charge is 0.164 e. The highest BCUT2D eigenvalue weighted by Gasteiger charge is 2.32. The first-order valence-electron chi connectivity index (χ1n) is 6.63. The molecule has 0 aliphatic heterocycles. The van der Waals surface area contributed by atoms with Crippen LogP contribution < -0.4 is 5.32 Å². The molecule has 0 bridgehead atoms. The minimum atomic E-state index is -0.344. The number of nitrogens with one attached hydrogen (secondary N) is 1.